The highest BCUT2D eigenvalue weighted by atomic mass is 16.6. The zero-order valence-electron chi connectivity index (χ0n) is 12.1. The van der Waals surface area contributed by atoms with Crippen molar-refractivity contribution in [1.82, 2.24) is 5.32 Å². The average Bonchev–Trinajstić information content (AvgIpc) is 3.23. The van der Waals surface area contributed by atoms with Gasteiger partial charge in [-0.1, -0.05) is 0 Å². The summed E-state index contributed by atoms with van der Waals surface area (Å²) in [6.45, 7) is 2.19. The Morgan fingerprint density at radius 1 is 1.52 bits per heavy atom. The van der Waals surface area contributed by atoms with Crippen LogP contribution in [0.3, 0.4) is 0 Å². The number of ether oxygens (including phenoxy) is 1. The number of anilines is 1. The summed E-state index contributed by atoms with van der Waals surface area (Å²) in [5.74, 6) is -0.347. The molecule has 0 radical (unpaired) electrons. The van der Waals surface area contributed by atoms with Gasteiger partial charge in [0, 0.05) is 30.8 Å². The minimum atomic E-state index is -0.472. The van der Waals surface area contributed by atoms with Crippen molar-refractivity contribution in [1.29, 1.82) is 0 Å². The predicted octanol–water partition coefficient (Wildman–Crippen LogP) is 1.93. The first-order valence-electron chi connectivity index (χ1n) is 6.86. The summed E-state index contributed by atoms with van der Waals surface area (Å²) in [5, 5.41) is 17.0. The van der Waals surface area contributed by atoms with E-state index in [-0.39, 0.29) is 23.2 Å². The Balaban J connectivity index is 2.14. The summed E-state index contributed by atoms with van der Waals surface area (Å²) in [6, 6.07) is 4.63. The van der Waals surface area contributed by atoms with Crippen LogP contribution < -0.4 is 10.6 Å². The summed E-state index contributed by atoms with van der Waals surface area (Å²) < 4.78 is 4.94. The minimum Gasteiger partial charge on any atom is -0.383 e. The first-order valence-corrected chi connectivity index (χ1v) is 6.86. The Hall–Kier alpha value is -2.15. The van der Waals surface area contributed by atoms with Crippen molar-refractivity contribution in [3.05, 3.63) is 33.9 Å². The number of carbonyl (C=O) groups is 1. The highest BCUT2D eigenvalue weighted by Gasteiger charge is 2.25. The van der Waals surface area contributed by atoms with Gasteiger partial charge in [-0.15, -0.1) is 0 Å². The fraction of sp³-hybridized carbons (Fsp3) is 0.500. The van der Waals surface area contributed by atoms with Gasteiger partial charge in [-0.2, -0.15) is 0 Å². The molecule has 1 aromatic carbocycles. The molecule has 21 heavy (non-hydrogen) atoms. The molecule has 1 atom stereocenters. The third-order valence-corrected chi connectivity index (χ3v) is 3.19. The molecular formula is C14H19N3O4. The van der Waals surface area contributed by atoms with Gasteiger partial charge in [-0.05, 0) is 31.9 Å². The van der Waals surface area contributed by atoms with Gasteiger partial charge in [-0.3, -0.25) is 14.9 Å². The summed E-state index contributed by atoms with van der Waals surface area (Å²) in [6.07, 6.45) is 2.04. The molecule has 0 bridgehead atoms. The largest absolute Gasteiger partial charge is 0.383 e. The first-order chi connectivity index (χ1) is 10.0. The van der Waals surface area contributed by atoms with Crippen LogP contribution in [0.4, 0.5) is 11.4 Å². The third kappa shape index (κ3) is 4.16. The van der Waals surface area contributed by atoms with Crippen molar-refractivity contribution in [2.45, 2.75) is 31.8 Å². The van der Waals surface area contributed by atoms with Crippen LogP contribution >= 0.6 is 0 Å². The summed E-state index contributed by atoms with van der Waals surface area (Å²) in [7, 11) is 1.55. The molecule has 7 heteroatoms. The topological polar surface area (TPSA) is 93.5 Å². The molecule has 2 N–H and O–H groups in total. The Bertz CT molecular complexity index is 543. The van der Waals surface area contributed by atoms with E-state index in [2.05, 4.69) is 10.6 Å². The van der Waals surface area contributed by atoms with Crippen LogP contribution in [0.1, 0.15) is 30.1 Å². The molecule has 7 nitrogen and oxygen atoms in total. The SMILES string of the molecule is COCC(C)NC(=O)c1ccc(NC2CC2)c([N+](=O)[O-])c1. The van der Waals surface area contributed by atoms with Crippen molar-refractivity contribution in [2.75, 3.05) is 19.0 Å². The Kier molecular flexibility index (Phi) is 4.74. The monoisotopic (exact) mass is 293 g/mol. The highest BCUT2D eigenvalue weighted by molar-refractivity contribution is 5.95. The highest BCUT2D eigenvalue weighted by Crippen LogP contribution is 2.31. The van der Waals surface area contributed by atoms with E-state index in [1.54, 1.807) is 26.2 Å². The van der Waals surface area contributed by atoms with Gasteiger partial charge in [-0.25, -0.2) is 0 Å². The molecular weight excluding hydrogens is 274 g/mol. The van der Waals surface area contributed by atoms with Gasteiger partial charge in [0.2, 0.25) is 0 Å². The number of benzene rings is 1. The molecule has 1 aliphatic carbocycles. The zero-order valence-corrected chi connectivity index (χ0v) is 12.1. The van der Waals surface area contributed by atoms with Crippen LogP contribution in [0.5, 0.6) is 0 Å². The molecule has 114 valence electrons. The van der Waals surface area contributed by atoms with Crippen LogP contribution in [-0.4, -0.2) is 36.6 Å². The number of hydrogen-bond acceptors (Lipinski definition) is 5. The Morgan fingerprint density at radius 2 is 2.24 bits per heavy atom. The lowest BCUT2D eigenvalue weighted by Crippen LogP contribution is -2.35. The maximum atomic E-state index is 12.0. The molecule has 2 rings (SSSR count). The van der Waals surface area contributed by atoms with Gasteiger partial charge in [0.25, 0.3) is 11.6 Å². The van der Waals surface area contributed by atoms with Gasteiger partial charge >= 0.3 is 0 Å². The number of nitrogens with one attached hydrogen (secondary N) is 2. The van der Waals surface area contributed by atoms with Crippen molar-refractivity contribution in [3.8, 4) is 0 Å². The maximum absolute atomic E-state index is 12.0. The van der Waals surface area contributed by atoms with Gasteiger partial charge in [0.15, 0.2) is 0 Å². The maximum Gasteiger partial charge on any atom is 0.293 e. The number of nitro groups is 1. The van der Waals surface area contributed by atoms with Crippen LogP contribution in [0.25, 0.3) is 0 Å². The molecule has 1 saturated carbocycles. The van der Waals surface area contributed by atoms with Crippen molar-refractivity contribution in [3.63, 3.8) is 0 Å². The molecule has 0 spiro atoms. The van der Waals surface area contributed by atoms with E-state index < -0.39 is 4.92 Å². The number of nitrogens with zero attached hydrogens (tertiary/aromatic N) is 1. The molecule has 1 unspecified atom stereocenters. The van der Waals surface area contributed by atoms with Crippen LogP contribution in [-0.2, 0) is 4.74 Å². The second-order valence-corrected chi connectivity index (χ2v) is 5.24. The molecule has 1 fully saturated rings. The van der Waals surface area contributed by atoms with E-state index in [0.717, 1.165) is 12.8 Å². The van der Waals surface area contributed by atoms with Crippen LogP contribution in [0.15, 0.2) is 18.2 Å². The Morgan fingerprint density at radius 3 is 2.81 bits per heavy atom. The van der Waals surface area contributed by atoms with Gasteiger partial charge in [0.05, 0.1) is 11.5 Å². The molecule has 0 saturated heterocycles. The smallest absolute Gasteiger partial charge is 0.293 e. The van der Waals surface area contributed by atoms with E-state index in [1.165, 1.54) is 6.07 Å². The number of amides is 1. The zero-order chi connectivity index (χ0) is 15.4. The quantitative estimate of drug-likeness (QED) is 0.592. The lowest BCUT2D eigenvalue weighted by atomic mass is 10.1. The van der Waals surface area contributed by atoms with Gasteiger partial charge < -0.3 is 15.4 Å². The van der Waals surface area contributed by atoms with Crippen molar-refractivity contribution >= 4 is 17.3 Å². The summed E-state index contributed by atoms with van der Waals surface area (Å²) >= 11 is 0. The van der Waals surface area contributed by atoms with E-state index in [0.29, 0.717) is 18.3 Å². The molecule has 0 aromatic heterocycles. The number of carbonyl (C=O) groups excluding carboxylic acids is 1. The fourth-order valence-electron chi connectivity index (χ4n) is 1.99. The van der Waals surface area contributed by atoms with Crippen molar-refractivity contribution in [2.24, 2.45) is 0 Å². The first kappa shape index (κ1) is 15.2. The lowest BCUT2D eigenvalue weighted by molar-refractivity contribution is -0.384. The second kappa shape index (κ2) is 6.53. The average molecular weight is 293 g/mol. The van der Waals surface area contributed by atoms with E-state index in [4.69, 9.17) is 4.74 Å². The van der Waals surface area contributed by atoms with Gasteiger partial charge in [0.1, 0.15) is 5.69 Å². The minimum absolute atomic E-state index is 0.0751. The molecule has 0 heterocycles. The van der Waals surface area contributed by atoms with Crippen molar-refractivity contribution < 1.29 is 14.5 Å². The lowest BCUT2D eigenvalue weighted by Gasteiger charge is -2.13. The standard InChI is InChI=1S/C14H19N3O4/c1-9(8-21-2)15-14(18)10-3-6-12(16-11-4-5-11)13(7-10)17(19)20/h3,6-7,9,11,16H,4-5,8H2,1-2H3,(H,15,18). The van der Waals surface area contributed by atoms with E-state index in [1.807, 2.05) is 0 Å². The normalized spacial score (nSPS) is 15.3. The second-order valence-electron chi connectivity index (χ2n) is 5.24. The third-order valence-electron chi connectivity index (χ3n) is 3.19. The Labute approximate surface area is 122 Å². The predicted molar refractivity (Wildman–Crippen MR) is 78.5 cm³/mol. The van der Waals surface area contributed by atoms with Crippen LogP contribution in [0.2, 0.25) is 0 Å². The summed E-state index contributed by atoms with van der Waals surface area (Å²) in [4.78, 5) is 22.7. The molecule has 1 aromatic rings. The molecule has 0 aliphatic heterocycles. The summed E-state index contributed by atoms with van der Waals surface area (Å²) in [5.41, 5.74) is 0.656. The number of methoxy groups -OCH3 is 1. The fourth-order valence-corrected chi connectivity index (χ4v) is 1.99. The molecule has 1 aliphatic rings. The number of nitro benzene ring substituents is 1. The number of rotatable bonds is 7. The van der Waals surface area contributed by atoms with E-state index in [9.17, 15) is 14.9 Å². The van der Waals surface area contributed by atoms with Crippen LogP contribution in [0, 0.1) is 10.1 Å². The molecule has 1 amide bonds. The number of hydrogen-bond donors (Lipinski definition) is 2. The van der Waals surface area contributed by atoms with E-state index >= 15 is 0 Å².